The number of rotatable bonds is 3. The van der Waals surface area contributed by atoms with Gasteiger partial charge in [0.15, 0.2) is 0 Å². The van der Waals surface area contributed by atoms with E-state index in [1.165, 1.54) is 0 Å². The molecule has 0 saturated carbocycles. The molecule has 14 heavy (non-hydrogen) atoms. The first kappa shape index (κ1) is 8.99. The Morgan fingerprint density at radius 2 is 1.71 bits per heavy atom. The highest BCUT2D eigenvalue weighted by Crippen LogP contribution is 2.36. The van der Waals surface area contributed by atoms with E-state index in [0.29, 0.717) is 0 Å². The molecule has 0 fully saturated rings. The van der Waals surface area contributed by atoms with Crippen LogP contribution in [0.5, 0.6) is 0 Å². The van der Waals surface area contributed by atoms with Crippen molar-refractivity contribution in [3.05, 3.63) is 35.9 Å². The Morgan fingerprint density at radius 3 is 2.29 bits per heavy atom. The lowest BCUT2D eigenvalue weighted by atomic mass is 9.96. The van der Waals surface area contributed by atoms with E-state index in [2.05, 4.69) is 27.6 Å². The van der Waals surface area contributed by atoms with Gasteiger partial charge in [-0.1, -0.05) is 43.7 Å². The average Bonchev–Trinajstić information content (AvgIpc) is 2.70. The standard InChI is InChI=1S/C10H12N4/c1-2-8-10(11-13-14-12-10)9-6-4-3-5-7-9/h3-7H,2,8H2,1H3. The third-order valence-electron chi connectivity index (χ3n) is 2.30. The fraction of sp³-hybridized carbons (Fsp3) is 0.400. The van der Waals surface area contributed by atoms with E-state index in [9.17, 15) is 0 Å². The molecule has 0 bridgehead atoms. The largest absolute Gasteiger partial charge is 0.220 e. The van der Waals surface area contributed by atoms with Gasteiger partial charge in [0.05, 0.1) is 0 Å². The van der Waals surface area contributed by atoms with Crippen LogP contribution in [0.4, 0.5) is 0 Å². The Kier molecular flexibility index (Phi) is 2.35. The van der Waals surface area contributed by atoms with Gasteiger partial charge in [-0.25, -0.2) is 0 Å². The van der Waals surface area contributed by atoms with E-state index in [0.717, 1.165) is 18.4 Å². The van der Waals surface area contributed by atoms with Gasteiger partial charge in [0.25, 0.3) is 0 Å². The Hall–Kier alpha value is -1.58. The highest BCUT2D eigenvalue weighted by molar-refractivity contribution is 5.24. The second kappa shape index (κ2) is 3.65. The summed E-state index contributed by atoms with van der Waals surface area (Å²) in [6.45, 7) is 2.11. The predicted octanol–water partition coefficient (Wildman–Crippen LogP) is 3.47. The van der Waals surface area contributed by atoms with Crippen molar-refractivity contribution < 1.29 is 0 Å². The van der Waals surface area contributed by atoms with Crippen molar-refractivity contribution in [3.63, 3.8) is 0 Å². The van der Waals surface area contributed by atoms with Crippen molar-refractivity contribution in [2.24, 2.45) is 20.7 Å². The summed E-state index contributed by atoms with van der Waals surface area (Å²) in [5.41, 5.74) is 0.516. The molecule has 0 aliphatic carbocycles. The SMILES string of the molecule is CCCC1(c2ccccc2)N=NN=N1. The third-order valence-corrected chi connectivity index (χ3v) is 2.30. The Morgan fingerprint density at radius 1 is 1.07 bits per heavy atom. The topological polar surface area (TPSA) is 49.4 Å². The van der Waals surface area contributed by atoms with Gasteiger partial charge in [-0.15, -0.1) is 10.2 Å². The monoisotopic (exact) mass is 188 g/mol. The normalized spacial score (nSPS) is 17.5. The van der Waals surface area contributed by atoms with Crippen molar-refractivity contribution in [3.8, 4) is 0 Å². The number of benzene rings is 1. The first-order chi connectivity index (χ1) is 6.87. The van der Waals surface area contributed by atoms with Crippen molar-refractivity contribution in [1.29, 1.82) is 0 Å². The molecule has 0 saturated heterocycles. The van der Waals surface area contributed by atoms with Gasteiger partial charge in [-0.3, -0.25) is 0 Å². The molecule has 4 nitrogen and oxygen atoms in total. The van der Waals surface area contributed by atoms with Crippen LogP contribution in [0, 0.1) is 0 Å². The second-order valence-corrected chi connectivity index (χ2v) is 3.31. The van der Waals surface area contributed by atoms with Crippen LogP contribution in [0.1, 0.15) is 25.3 Å². The first-order valence-corrected chi connectivity index (χ1v) is 4.77. The highest BCUT2D eigenvalue weighted by atomic mass is 15.6. The summed E-state index contributed by atoms with van der Waals surface area (Å²) in [6.07, 6.45) is 1.86. The maximum Gasteiger partial charge on any atom is 0.220 e. The van der Waals surface area contributed by atoms with Gasteiger partial charge in [-0.2, -0.15) is 0 Å². The molecule has 4 heteroatoms. The van der Waals surface area contributed by atoms with Gasteiger partial charge >= 0.3 is 0 Å². The summed E-state index contributed by atoms with van der Waals surface area (Å²) < 4.78 is 0. The number of hydrogen-bond donors (Lipinski definition) is 0. The molecule has 0 atom stereocenters. The van der Waals surface area contributed by atoms with Crippen molar-refractivity contribution >= 4 is 0 Å². The number of nitrogens with zero attached hydrogens (tertiary/aromatic N) is 4. The predicted molar refractivity (Wildman–Crippen MR) is 52.7 cm³/mol. The Labute approximate surface area is 82.7 Å². The zero-order chi connectivity index (χ0) is 9.86. The van der Waals surface area contributed by atoms with E-state index in [1.54, 1.807) is 0 Å². The molecule has 1 aromatic rings. The molecule has 0 N–H and O–H groups in total. The van der Waals surface area contributed by atoms with Crippen LogP contribution in [0.3, 0.4) is 0 Å². The van der Waals surface area contributed by atoms with Crippen LogP contribution in [-0.4, -0.2) is 0 Å². The van der Waals surface area contributed by atoms with Crippen LogP contribution in [0.2, 0.25) is 0 Å². The molecule has 2 rings (SSSR count). The van der Waals surface area contributed by atoms with Crippen LogP contribution in [0.15, 0.2) is 51.0 Å². The van der Waals surface area contributed by atoms with Crippen molar-refractivity contribution in [2.75, 3.05) is 0 Å². The van der Waals surface area contributed by atoms with E-state index in [4.69, 9.17) is 0 Å². The van der Waals surface area contributed by atoms with Crippen molar-refractivity contribution in [2.45, 2.75) is 25.4 Å². The molecule has 0 aromatic heterocycles. The maximum absolute atomic E-state index is 4.12. The fourth-order valence-electron chi connectivity index (χ4n) is 1.62. The molecule has 1 heterocycles. The minimum atomic E-state index is -0.546. The maximum atomic E-state index is 4.12. The van der Waals surface area contributed by atoms with Crippen molar-refractivity contribution in [1.82, 2.24) is 0 Å². The van der Waals surface area contributed by atoms with E-state index in [-0.39, 0.29) is 0 Å². The van der Waals surface area contributed by atoms with Gasteiger partial charge in [0.1, 0.15) is 0 Å². The third kappa shape index (κ3) is 1.43. The van der Waals surface area contributed by atoms with Crippen LogP contribution >= 0.6 is 0 Å². The van der Waals surface area contributed by atoms with Gasteiger partial charge in [-0.05, 0) is 10.4 Å². The molecule has 0 amide bonds. The Bertz CT molecular complexity index is 344. The lowest BCUT2D eigenvalue weighted by Gasteiger charge is -2.18. The summed E-state index contributed by atoms with van der Waals surface area (Å²) >= 11 is 0. The summed E-state index contributed by atoms with van der Waals surface area (Å²) in [5, 5.41) is 15.5. The quantitative estimate of drug-likeness (QED) is 0.697. The molecule has 1 aliphatic heterocycles. The van der Waals surface area contributed by atoms with E-state index < -0.39 is 5.66 Å². The molecular weight excluding hydrogens is 176 g/mol. The van der Waals surface area contributed by atoms with Crippen LogP contribution in [-0.2, 0) is 5.66 Å². The second-order valence-electron chi connectivity index (χ2n) is 3.31. The molecule has 0 spiro atoms. The molecule has 1 aromatic carbocycles. The first-order valence-electron chi connectivity index (χ1n) is 4.77. The smallest absolute Gasteiger partial charge is 0.130 e. The van der Waals surface area contributed by atoms with Gasteiger partial charge < -0.3 is 0 Å². The molecular formula is C10H12N4. The molecule has 1 aliphatic rings. The average molecular weight is 188 g/mol. The lowest BCUT2D eigenvalue weighted by molar-refractivity contribution is 0.421. The minimum absolute atomic E-state index is 0.546. The number of hydrogen-bond acceptors (Lipinski definition) is 4. The van der Waals surface area contributed by atoms with Crippen LogP contribution in [0.25, 0.3) is 0 Å². The minimum Gasteiger partial charge on any atom is -0.130 e. The van der Waals surface area contributed by atoms with Gasteiger partial charge in [0, 0.05) is 12.0 Å². The Balaban J connectivity index is 2.37. The zero-order valence-electron chi connectivity index (χ0n) is 8.09. The summed E-state index contributed by atoms with van der Waals surface area (Å²) in [4.78, 5) is 0. The molecule has 72 valence electrons. The highest BCUT2D eigenvalue weighted by Gasteiger charge is 2.33. The van der Waals surface area contributed by atoms with Crippen LogP contribution < -0.4 is 0 Å². The van der Waals surface area contributed by atoms with E-state index >= 15 is 0 Å². The molecule has 0 radical (unpaired) electrons. The van der Waals surface area contributed by atoms with E-state index in [1.807, 2.05) is 30.3 Å². The van der Waals surface area contributed by atoms with Gasteiger partial charge in [0.2, 0.25) is 5.66 Å². The fourth-order valence-corrected chi connectivity index (χ4v) is 1.62. The summed E-state index contributed by atoms with van der Waals surface area (Å²) in [7, 11) is 0. The summed E-state index contributed by atoms with van der Waals surface area (Å²) in [5.74, 6) is 0. The summed E-state index contributed by atoms with van der Waals surface area (Å²) in [6, 6.07) is 9.97. The lowest BCUT2D eigenvalue weighted by Crippen LogP contribution is -2.17. The molecule has 0 unspecified atom stereocenters. The zero-order valence-corrected chi connectivity index (χ0v) is 8.09.